The summed E-state index contributed by atoms with van der Waals surface area (Å²) in [6, 6.07) is 4.66. The quantitative estimate of drug-likeness (QED) is 0.755. The van der Waals surface area contributed by atoms with Crippen LogP contribution in [0, 0.1) is 5.82 Å². The lowest BCUT2D eigenvalue weighted by Gasteiger charge is -1.96. The zero-order chi connectivity index (χ0) is 12.0. The Hall–Kier alpha value is -0.800. The Morgan fingerprint density at radius 1 is 1.56 bits per heavy atom. The number of hydrogen-bond acceptors (Lipinski definition) is 2. The van der Waals surface area contributed by atoms with Crippen LogP contribution in [0.3, 0.4) is 0 Å². The first kappa shape index (κ1) is 13.3. The highest BCUT2D eigenvalue weighted by molar-refractivity contribution is 8.13. The van der Waals surface area contributed by atoms with Crippen LogP contribution < -0.4 is 0 Å². The predicted octanol–water partition coefficient (Wildman–Crippen LogP) is 4.16. The molecular weight excluding hydrogens is 247 g/mol. The van der Waals surface area contributed by atoms with Crippen molar-refractivity contribution < 1.29 is 9.18 Å². The molecule has 0 saturated carbocycles. The van der Waals surface area contributed by atoms with Crippen LogP contribution in [0.15, 0.2) is 24.3 Å². The molecule has 0 spiro atoms. The minimum Gasteiger partial charge on any atom is -0.288 e. The van der Waals surface area contributed by atoms with E-state index in [1.807, 2.05) is 12.2 Å². The van der Waals surface area contributed by atoms with Gasteiger partial charge in [-0.1, -0.05) is 41.6 Å². The summed E-state index contributed by atoms with van der Waals surface area (Å²) in [6.45, 7) is 1.54. The van der Waals surface area contributed by atoms with E-state index in [4.69, 9.17) is 11.6 Å². The number of hydrogen-bond donors (Lipinski definition) is 0. The Morgan fingerprint density at radius 3 is 2.94 bits per heavy atom. The second-order valence-electron chi connectivity index (χ2n) is 3.20. The molecule has 4 heteroatoms. The molecule has 0 heterocycles. The lowest BCUT2D eigenvalue weighted by molar-refractivity contribution is -0.109. The van der Waals surface area contributed by atoms with Gasteiger partial charge in [0.2, 0.25) is 0 Å². The average Bonchev–Trinajstić information content (AvgIpc) is 2.22. The summed E-state index contributed by atoms with van der Waals surface area (Å²) in [7, 11) is 0. The van der Waals surface area contributed by atoms with Crippen molar-refractivity contribution in [2.24, 2.45) is 0 Å². The van der Waals surface area contributed by atoms with Gasteiger partial charge in [-0.15, -0.1) is 0 Å². The first-order chi connectivity index (χ1) is 7.59. The average molecular weight is 259 g/mol. The summed E-state index contributed by atoms with van der Waals surface area (Å²) < 4.78 is 13.0. The molecule has 1 rings (SSSR count). The summed E-state index contributed by atoms with van der Waals surface area (Å²) in [5.74, 6) is 0.337. The number of benzene rings is 1. The molecule has 0 radical (unpaired) electrons. The van der Waals surface area contributed by atoms with Crippen molar-refractivity contribution in [3.8, 4) is 0 Å². The summed E-state index contributed by atoms with van der Waals surface area (Å²) in [6.07, 6.45) is 4.52. The van der Waals surface area contributed by atoms with E-state index in [2.05, 4.69) is 0 Å². The van der Waals surface area contributed by atoms with Gasteiger partial charge >= 0.3 is 0 Å². The fraction of sp³-hybridized carbons (Fsp3) is 0.250. The summed E-state index contributed by atoms with van der Waals surface area (Å²) in [5, 5.41) is 0.246. The third-order valence-electron chi connectivity index (χ3n) is 1.84. The number of thioether (sulfide) groups is 1. The van der Waals surface area contributed by atoms with E-state index in [1.165, 1.54) is 23.9 Å². The summed E-state index contributed by atoms with van der Waals surface area (Å²) in [5.41, 5.74) is 0.773. The number of rotatable bonds is 4. The van der Waals surface area contributed by atoms with Crippen molar-refractivity contribution in [2.75, 3.05) is 5.75 Å². The van der Waals surface area contributed by atoms with Crippen molar-refractivity contribution in [1.82, 2.24) is 0 Å². The molecule has 0 aromatic heterocycles. The maximum Gasteiger partial charge on any atom is 0.185 e. The minimum absolute atomic E-state index is 0.117. The molecule has 1 nitrogen and oxygen atoms in total. The van der Waals surface area contributed by atoms with Crippen molar-refractivity contribution >= 4 is 34.6 Å². The van der Waals surface area contributed by atoms with Gasteiger partial charge in [0.25, 0.3) is 0 Å². The Morgan fingerprint density at radius 2 is 2.31 bits per heavy atom. The molecule has 0 fully saturated rings. The van der Waals surface area contributed by atoms with E-state index in [1.54, 1.807) is 13.0 Å². The van der Waals surface area contributed by atoms with Crippen LogP contribution in [-0.2, 0) is 4.79 Å². The molecule has 16 heavy (non-hydrogen) atoms. The molecule has 0 N–H and O–H groups in total. The Bertz CT molecular complexity index is 404. The van der Waals surface area contributed by atoms with Crippen LogP contribution in [0.2, 0.25) is 5.02 Å². The van der Waals surface area contributed by atoms with Crippen LogP contribution in [0.1, 0.15) is 18.9 Å². The number of carbonyl (C=O) groups excluding carboxylic acids is 1. The van der Waals surface area contributed by atoms with Gasteiger partial charge in [0, 0.05) is 12.7 Å². The van der Waals surface area contributed by atoms with Crippen LogP contribution in [0.4, 0.5) is 4.39 Å². The lowest BCUT2D eigenvalue weighted by Crippen LogP contribution is -1.84. The highest BCUT2D eigenvalue weighted by atomic mass is 35.5. The summed E-state index contributed by atoms with van der Waals surface area (Å²) in [4.78, 5) is 10.6. The van der Waals surface area contributed by atoms with Crippen LogP contribution >= 0.6 is 23.4 Å². The molecule has 0 unspecified atom stereocenters. The van der Waals surface area contributed by atoms with E-state index in [9.17, 15) is 9.18 Å². The molecule has 0 saturated heterocycles. The van der Waals surface area contributed by atoms with E-state index in [0.717, 1.165) is 17.7 Å². The number of carbonyl (C=O) groups is 1. The Kier molecular flexibility index (Phi) is 5.56. The van der Waals surface area contributed by atoms with E-state index < -0.39 is 5.82 Å². The maximum atomic E-state index is 13.0. The normalized spacial score (nSPS) is 10.9. The van der Waals surface area contributed by atoms with Gasteiger partial charge in [0.15, 0.2) is 5.12 Å². The van der Waals surface area contributed by atoms with Crippen LogP contribution in [0.5, 0.6) is 0 Å². The SMILES string of the molecule is CC(=O)SCCC=Cc1ccc(Cl)c(F)c1. The molecule has 0 amide bonds. The Balaban J connectivity index is 2.44. The standard InChI is InChI=1S/C12H12ClFOS/c1-9(15)16-7-3-2-4-10-5-6-11(13)12(14)8-10/h2,4-6,8H,3,7H2,1H3. The van der Waals surface area contributed by atoms with E-state index in [-0.39, 0.29) is 10.1 Å². The largest absolute Gasteiger partial charge is 0.288 e. The van der Waals surface area contributed by atoms with Crippen molar-refractivity contribution in [3.63, 3.8) is 0 Å². The number of allylic oxidation sites excluding steroid dienone is 1. The van der Waals surface area contributed by atoms with Gasteiger partial charge in [0.1, 0.15) is 5.82 Å². The summed E-state index contributed by atoms with van der Waals surface area (Å²) >= 11 is 6.85. The van der Waals surface area contributed by atoms with Gasteiger partial charge in [-0.3, -0.25) is 4.79 Å². The highest BCUT2D eigenvalue weighted by Crippen LogP contribution is 2.16. The van der Waals surface area contributed by atoms with Gasteiger partial charge in [-0.2, -0.15) is 0 Å². The first-order valence-electron chi connectivity index (χ1n) is 4.84. The molecular formula is C12H12ClFOS. The molecule has 1 aromatic carbocycles. The molecule has 0 aliphatic rings. The monoisotopic (exact) mass is 258 g/mol. The predicted molar refractivity (Wildman–Crippen MR) is 68.2 cm³/mol. The zero-order valence-electron chi connectivity index (χ0n) is 8.87. The fourth-order valence-corrected chi connectivity index (χ4v) is 1.77. The second-order valence-corrected chi connectivity index (χ2v) is 4.88. The molecule has 86 valence electrons. The third-order valence-corrected chi connectivity index (χ3v) is 3.00. The highest BCUT2D eigenvalue weighted by Gasteiger charge is 1.98. The second kappa shape index (κ2) is 6.71. The van der Waals surface area contributed by atoms with Crippen molar-refractivity contribution in [1.29, 1.82) is 0 Å². The zero-order valence-corrected chi connectivity index (χ0v) is 10.4. The topological polar surface area (TPSA) is 17.1 Å². The van der Waals surface area contributed by atoms with Crippen molar-refractivity contribution in [2.45, 2.75) is 13.3 Å². The number of halogens is 2. The smallest absolute Gasteiger partial charge is 0.185 e. The van der Waals surface area contributed by atoms with Gasteiger partial charge in [-0.25, -0.2) is 4.39 Å². The van der Waals surface area contributed by atoms with Gasteiger partial charge in [-0.05, 0) is 24.1 Å². The first-order valence-corrected chi connectivity index (χ1v) is 6.21. The molecule has 0 atom stereocenters. The van der Waals surface area contributed by atoms with Crippen LogP contribution in [-0.4, -0.2) is 10.9 Å². The van der Waals surface area contributed by atoms with Crippen molar-refractivity contribution in [3.05, 3.63) is 40.7 Å². The minimum atomic E-state index is -0.415. The fourth-order valence-electron chi connectivity index (χ4n) is 1.11. The van der Waals surface area contributed by atoms with E-state index >= 15 is 0 Å². The third kappa shape index (κ3) is 4.81. The van der Waals surface area contributed by atoms with Gasteiger partial charge < -0.3 is 0 Å². The maximum absolute atomic E-state index is 13.0. The van der Waals surface area contributed by atoms with Crippen LogP contribution in [0.25, 0.3) is 6.08 Å². The van der Waals surface area contributed by atoms with E-state index in [0.29, 0.717) is 0 Å². The molecule has 0 aliphatic carbocycles. The molecule has 0 bridgehead atoms. The molecule has 1 aromatic rings. The lowest BCUT2D eigenvalue weighted by atomic mass is 10.2. The Labute approximate surface area is 104 Å². The molecule has 0 aliphatic heterocycles. The van der Waals surface area contributed by atoms with Gasteiger partial charge in [0.05, 0.1) is 5.02 Å².